The predicted molar refractivity (Wildman–Crippen MR) is 119 cm³/mol. The lowest BCUT2D eigenvalue weighted by atomic mass is 9.95. The summed E-state index contributed by atoms with van der Waals surface area (Å²) >= 11 is 19.4. The number of nitrogens with zero attached hydrogens (tertiary/aromatic N) is 3. The third-order valence-electron chi connectivity index (χ3n) is 3.81. The molecule has 1 aromatic heterocycles. The van der Waals surface area contributed by atoms with Gasteiger partial charge in [0.05, 0.1) is 11.4 Å². The maximum atomic E-state index is 6.52. The monoisotopic (exact) mass is 465 g/mol. The molecule has 0 N–H and O–H groups in total. The molecule has 0 saturated heterocycles. The van der Waals surface area contributed by atoms with Crippen molar-refractivity contribution in [2.45, 2.75) is 45.3 Å². The largest absolute Gasteiger partial charge is 0.281 e. The van der Waals surface area contributed by atoms with E-state index in [1.165, 1.54) is 0 Å². The van der Waals surface area contributed by atoms with Gasteiger partial charge in [-0.15, -0.1) is 23.3 Å². The van der Waals surface area contributed by atoms with Crippen LogP contribution in [0.15, 0.2) is 20.7 Å². The van der Waals surface area contributed by atoms with Gasteiger partial charge in [0.1, 0.15) is 5.15 Å². The molecule has 0 spiro atoms. The fraction of sp³-hybridized carbons (Fsp3) is 0.438. The summed E-state index contributed by atoms with van der Waals surface area (Å²) in [6.07, 6.45) is 4.93. The molecule has 1 atom stereocenters. The van der Waals surface area contributed by atoms with Crippen LogP contribution >= 0.6 is 58.9 Å². The standard InChI is InChI=1S/C16H21BrClN3S3/c1-5-9(4)19-14-10(6-2)13-12(8-11(14)17)20-16(21-15(13)18)24(22,23)7-3/h6,8-9,22-23H,5,7H2,1-4H3/b10-6-,19-14?. The highest BCUT2D eigenvalue weighted by atomic mass is 79.9. The van der Waals surface area contributed by atoms with E-state index < -0.39 is 8.09 Å². The smallest absolute Gasteiger partial charge is 0.189 e. The van der Waals surface area contributed by atoms with Gasteiger partial charge >= 0.3 is 0 Å². The SMILES string of the molecule is C/C=C1\C(=NC(C)CC)C(Br)=Cc2nc(S(S)(S)CC)nc(Cl)c21. The van der Waals surface area contributed by atoms with Gasteiger partial charge < -0.3 is 0 Å². The van der Waals surface area contributed by atoms with Crippen LogP contribution in [0, 0.1) is 0 Å². The molecule has 3 nitrogen and oxygen atoms in total. The van der Waals surface area contributed by atoms with Crippen LogP contribution in [0.25, 0.3) is 11.6 Å². The third-order valence-corrected chi connectivity index (χ3v) is 8.79. The number of thiol groups is 2. The fourth-order valence-corrected chi connectivity index (χ4v) is 4.31. The van der Waals surface area contributed by atoms with Crippen LogP contribution in [0.3, 0.4) is 0 Å². The molecule has 132 valence electrons. The highest BCUT2D eigenvalue weighted by Gasteiger charge is 2.28. The Kier molecular flexibility index (Phi) is 6.93. The van der Waals surface area contributed by atoms with Crippen molar-refractivity contribution in [3.8, 4) is 0 Å². The molecule has 1 aliphatic carbocycles. The number of allylic oxidation sites excluding steroid dienone is 3. The van der Waals surface area contributed by atoms with Crippen molar-refractivity contribution in [2.75, 3.05) is 5.75 Å². The summed E-state index contributed by atoms with van der Waals surface area (Å²) in [6.45, 7) is 8.21. The Morgan fingerprint density at radius 3 is 2.58 bits per heavy atom. The number of hydrogen-bond acceptors (Lipinski definition) is 5. The van der Waals surface area contributed by atoms with E-state index in [-0.39, 0.29) is 6.04 Å². The lowest BCUT2D eigenvalue weighted by molar-refractivity contribution is 0.718. The average molecular weight is 467 g/mol. The normalized spacial score (nSPS) is 20.1. The molecule has 0 saturated carbocycles. The van der Waals surface area contributed by atoms with Gasteiger partial charge in [-0.1, -0.05) is 39.6 Å². The van der Waals surface area contributed by atoms with Crippen LogP contribution in [-0.4, -0.2) is 27.5 Å². The van der Waals surface area contributed by atoms with Crippen LogP contribution in [0.5, 0.6) is 0 Å². The van der Waals surface area contributed by atoms with Crippen LogP contribution in [0.2, 0.25) is 5.15 Å². The second-order valence-corrected chi connectivity index (χ2v) is 13.5. The molecule has 2 rings (SSSR count). The van der Waals surface area contributed by atoms with E-state index in [0.717, 1.165) is 39.2 Å². The lowest BCUT2D eigenvalue weighted by Crippen LogP contribution is -2.15. The minimum Gasteiger partial charge on any atom is -0.281 e. The molecule has 1 aliphatic rings. The summed E-state index contributed by atoms with van der Waals surface area (Å²) in [5.74, 6) is 0.760. The van der Waals surface area contributed by atoms with Crippen LogP contribution < -0.4 is 0 Å². The summed E-state index contributed by atoms with van der Waals surface area (Å²) in [6, 6.07) is 0.225. The number of hydrogen-bond donors (Lipinski definition) is 2. The van der Waals surface area contributed by atoms with Crippen molar-refractivity contribution in [3.05, 3.63) is 27.0 Å². The number of rotatable bonds is 4. The molecule has 8 heteroatoms. The van der Waals surface area contributed by atoms with Gasteiger partial charge in [-0.2, -0.15) is 0 Å². The summed E-state index contributed by atoms with van der Waals surface area (Å²) in [5.41, 5.74) is 3.44. The highest BCUT2D eigenvalue weighted by molar-refractivity contribution is 9.17. The molecule has 1 heterocycles. The van der Waals surface area contributed by atoms with Gasteiger partial charge in [-0.05, 0) is 48.0 Å². The molecule has 1 aromatic rings. The van der Waals surface area contributed by atoms with Crippen LogP contribution in [0.1, 0.15) is 45.4 Å². The Hall–Kier alpha value is 0.0500. The molecule has 0 fully saturated rings. The summed E-state index contributed by atoms with van der Waals surface area (Å²) in [5, 5.41) is 1.01. The molecule has 0 amide bonds. The van der Waals surface area contributed by atoms with E-state index in [2.05, 4.69) is 63.1 Å². The van der Waals surface area contributed by atoms with Gasteiger partial charge in [0.25, 0.3) is 0 Å². The first-order valence-electron chi connectivity index (χ1n) is 7.71. The first-order valence-corrected chi connectivity index (χ1v) is 12.8. The van der Waals surface area contributed by atoms with E-state index in [0.29, 0.717) is 10.3 Å². The zero-order valence-electron chi connectivity index (χ0n) is 14.0. The van der Waals surface area contributed by atoms with E-state index >= 15 is 0 Å². The van der Waals surface area contributed by atoms with Crippen molar-refractivity contribution in [1.29, 1.82) is 0 Å². The van der Waals surface area contributed by atoms with Gasteiger partial charge in [-0.25, -0.2) is 9.97 Å². The van der Waals surface area contributed by atoms with Gasteiger partial charge in [0.2, 0.25) is 0 Å². The summed E-state index contributed by atoms with van der Waals surface area (Å²) in [7, 11) is -1.64. The molecule has 1 unspecified atom stereocenters. The van der Waals surface area contributed by atoms with Crippen LogP contribution in [-0.2, 0) is 0 Å². The first kappa shape index (κ1) is 20.4. The Morgan fingerprint density at radius 1 is 1.38 bits per heavy atom. The predicted octanol–water partition coefficient (Wildman–Crippen LogP) is 6.40. The Morgan fingerprint density at radius 2 is 2.04 bits per heavy atom. The zero-order valence-corrected chi connectivity index (χ0v) is 19.0. The summed E-state index contributed by atoms with van der Waals surface area (Å²) in [4.78, 5) is 14.0. The van der Waals surface area contributed by atoms with Crippen molar-refractivity contribution in [3.63, 3.8) is 0 Å². The highest BCUT2D eigenvalue weighted by Crippen LogP contribution is 2.62. The van der Waals surface area contributed by atoms with Crippen LogP contribution in [0.4, 0.5) is 0 Å². The minimum absolute atomic E-state index is 0.225. The molecule has 0 aromatic carbocycles. The lowest BCUT2D eigenvalue weighted by Gasteiger charge is -2.27. The fourth-order valence-electron chi connectivity index (χ4n) is 2.22. The van der Waals surface area contributed by atoms with Crippen molar-refractivity contribution in [1.82, 2.24) is 9.97 Å². The molecule has 0 bridgehead atoms. The van der Waals surface area contributed by atoms with E-state index in [9.17, 15) is 0 Å². The van der Waals surface area contributed by atoms with E-state index in [1.807, 2.05) is 26.0 Å². The molecule has 0 radical (unpaired) electrons. The second kappa shape index (κ2) is 8.16. The first-order chi connectivity index (χ1) is 11.2. The molecular weight excluding hydrogens is 446 g/mol. The Balaban J connectivity index is 2.68. The number of aromatic nitrogens is 2. The maximum Gasteiger partial charge on any atom is 0.189 e. The minimum atomic E-state index is -1.64. The third kappa shape index (κ3) is 4.06. The Bertz CT molecular complexity index is 744. The topological polar surface area (TPSA) is 38.1 Å². The number of fused-ring (bicyclic) bond motifs is 1. The van der Waals surface area contributed by atoms with E-state index in [4.69, 9.17) is 16.6 Å². The van der Waals surface area contributed by atoms with Gasteiger partial charge in [-0.3, -0.25) is 4.99 Å². The van der Waals surface area contributed by atoms with Gasteiger partial charge in [0.15, 0.2) is 5.16 Å². The summed E-state index contributed by atoms with van der Waals surface area (Å²) < 4.78 is 0.902. The molecule has 0 aliphatic heterocycles. The molecule has 24 heavy (non-hydrogen) atoms. The average Bonchev–Trinajstić information content (AvgIpc) is 2.55. The molecular formula is C16H21BrClN3S3. The van der Waals surface area contributed by atoms with E-state index in [1.54, 1.807) is 0 Å². The maximum absolute atomic E-state index is 6.52. The van der Waals surface area contributed by atoms with Crippen molar-refractivity contribution < 1.29 is 0 Å². The Labute approximate surface area is 168 Å². The quantitative estimate of drug-likeness (QED) is 0.233. The number of halogens is 2. The zero-order chi connectivity index (χ0) is 18.1. The van der Waals surface area contributed by atoms with Crippen molar-refractivity contribution in [2.24, 2.45) is 4.99 Å². The second-order valence-electron chi connectivity index (χ2n) is 5.44. The van der Waals surface area contributed by atoms with Crippen molar-refractivity contribution >= 4 is 76.3 Å². The van der Waals surface area contributed by atoms with Gasteiger partial charge in [0, 0.05) is 21.7 Å². The number of aliphatic imine (C=N–C) groups is 1.